The first kappa shape index (κ1) is 14.3. The highest BCUT2D eigenvalue weighted by Gasteiger charge is 2.13. The Morgan fingerprint density at radius 2 is 2.00 bits per heavy atom. The zero-order valence-electron chi connectivity index (χ0n) is 11.9. The molecule has 20 heavy (non-hydrogen) atoms. The number of hydrogen-bond acceptors (Lipinski definition) is 4. The highest BCUT2D eigenvalue weighted by Crippen LogP contribution is 2.09. The Labute approximate surface area is 118 Å². The summed E-state index contributed by atoms with van der Waals surface area (Å²) >= 11 is 0. The fourth-order valence-corrected chi connectivity index (χ4v) is 1.70. The Morgan fingerprint density at radius 3 is 2.60 bits per heavy atom. The van der Waals surface area contributed by atoms with Crippen LogP contribution in [0.15, 0.2) is 34.9 Å². The van der Waals surface area contributed by atoms with E-state index in [-0.39, 0.29) is 11.9 Å². The first-order valence-electron chi connectivity index (χ1n) is 6.57. The van der Waals surface area contributed by atoms with Crippen LogP contribution in [-0.2, 0) is 11.3 Å². The van der Waals surface area contributed by atoms with E-state index in [2.05, 4.69) is 15.6 Å². The van der Waals surface area contributed by atoms with Crippen molar-refractivity contribution in [3.8, 4) is 0 Å². The van der Waals surface area contributed by atoms with Crippen LogP contribution in [0.3, 0.4) is 0 Å². The predicted octanol–water partition coefficient (Wildman–Crippen LogP) is 2.41. The molecule has 1 amide bonds. The monoisotopic (exact) mass is 273 g/mol. The van der Waals surface area contributed by atoms with Gasteiger partial charge in [0.15, 0.2) is 0 Å². The van der Waals surface area contributed by atoms with Crippen LogP contribution < -0.4 is 10.6 Å². The average Bonchev–Trinajstić information content (AvgIpc) is 2.84. The lowest BCUT2D eigenvalue weighted by molar-refractivity contribution is -0.117. The van der Waals surface area contributed by atoms with E-state index in [4.69, 9.17) is 4.42 Å². The maximum atomic E-state index is 12.0. The number of oxazole rings is 1. The van der Waals surface area contributed by atoms with Crippen LogP contribution >= 0.6 is 0 Å². The molecule has 1 aromatic heterocycles. The van der Waals surface area contributed by atoms with E-state index in [0.29, 0.717) is 12.4 Å². The third kappa shape index (κ3) is 3.93. The molecule has 106 valence electrons. The van der Waals surface area contributed by atoms with Crippen molar-refractivity contribution in [1.29, 1.82) is 0 Å². The second-order valence-corrected chi connectivity index (χ2v) is 4.82. The van der Waals surface area contributed by atoms with Crippen LogP contribution in [0.1, 0.15) is 24.1 Å². The van der Waals surface area contributed by atoms with Gasteiger partial charge in [0.1, 0.15) is 5.76 Å². The highest BCUT2D eigenvalue weighted by molar-refractivity contribution is 5.94. The number of nitrogens with one attached hydrogen (secondary N) is 2. The Morgan fingerprint density at radius 1 is 1.30 bits per heavy atom. The van der Waals surface area contributed by atoms with E-state index < -0.39 is 0 Å². The van der Waals surface area contributed by atoms with Crippen molar-refractivity contribution in [2.45, 2.75) is 33.4 Å². The van der Waals surface area contributed by atoms with E-state index in [9.17, 15) is 4.79 Å². The normalized spacial score (nSPS) is 12.2. The van der Waals surface area contributed by atoms with Crippen LogP contribution in [0.2, 0.25) is 0 Å². The number of carbonyl (C=O) groups is 1. The summed E-state index contributed by atoms with van der Waals surface area (Å²) in [5, 5.41) is 5.93. The second kappa shape index (κ2) is 6.34. The molecule has 1 heterocycles. The van der Waals surface area contributed by atoms with E-state index in [1.807, 2.05) is 38.1 Å². The number of benzene rings is 1. The van der Waals surface area contributed by atoms with E-state index in [1.165, 1.54) is 0 Å². The quantitative estimate of drug-likeness (QED) is 0.878. The molecular weight excluding hydrogens is 254 g/mol. The molecule has 5 nitrogen and oxygen atoms in total. The first-order chi connectivity index (χ1) is 9.54. The van der Waals surface area contributed by atoms with Gasteiger partial charge in [0.25, 0.3) is 0 Å². The summed E-state index contributed by atoms with van der Waals surface area (Å²) in [6.07, 6.45) is 1.66. The van der Waals surface area contributed by atoms with Gasteiger partial charge >= 0.3 is 0 Å². The highest BCUT2D eigenvalue weighted by atomic mass is 16.4. The van der Waals surface area contributed by atoms with Gasteiger partial charge in [-0.25, -0.2) is 4.98 Å². The molecule has 1 aromatic carbocycles. The number of nitrogens with zero attached hydrogens (tertiary/aromatic N) is 1. The predicted molar refractivity (Wildman–Crippen MR) is 77.4 cm³/mol. The van der Waals surface area contributed by atoms with Gasteiger partial charge in [-0.2, -0.15) is 0 Å². The number of hydrogen-bond donors (Lipinski definition) is 2. The standard InChI is InChI=1S/C15H19N3O2/c1-10-4-6-13(7-5-10)18-15(19)12(3)16-9-14-17-8-11(2)20-14/h4-8,12,16H,9H2,1-3H3,(H,18,19). The van der Waals surface area contributed by atoms with Crippen LogP contribution in [0.25, 0.3) is 0 Å². The maximum Gasteiger partial charge on any atom is 0.241 e. The van der Waals surface area contributed by atoms with Crippen molar-refractivity contribution in [3.63, 3.8) is 0 Å². The van der Waals surface area contributed by atoms with Gasteiger partial charge < -0.3 is 9.73 Å². The topological polar surface area (TPSA) is 67.2 Å². The lowest BCUT2D eigenvalue weighted by Gasteiger charge is -2.13. The molecule has 5 heteroatoms. The van der Waals surface area contributed by atoms with E-state index >= 15 is 0 Å². The van der Waals surface area contributed by atoms with Crippen molar-refractivity contribution in [3.05, 3.63) is 47.7 Å². The fourth-order valence-electron chi connectivity index (χ4n) is 1.70. The average molecular weight is 273 g/mol. The largest absolute Gasteiger partial charge is 0.445 e. The molecule has 0 aliphatic rings. The molecule has 2 N–H and O–H groups in total. The third-order valence-electron chi connectivity index (χ3n) is 2.94. The zero-order valence-corrected chi connectivity index (χ0v) is 11.9. The molecule has 0 saturated heterocycles. The minimum absolute atomic E-state index is 0.0860. The SMILES string of the molecule is Cc1ccc(NC(=O)C(C)NCc2ncc(C)o2)cc1. The van der Waals surface area contributed by atoms with E-state index in [0.717, 1.165) is 17.0 Å². The van der Waals surface area contributed by atoms with Gasteiger partial charge in [-0.3, -0.25) is 10.1 Å². The summed E-state index contributed by atoms with van der Waals surface area (Å²) in [5.41, 5.74) is 1.95. The molecule has 0 aliphatic carbocycles. The number of rotatable bonds is 5. The van der Waals surface area contributed by atoms with Crippen molar-refractivity contribution in [2.75, 3.05) is 5.32 Å². The molecule has 0 fully saturated rings. The minimum atomic E-state index is -0.330. The zero-order chi connectivity index (χ0) is 14.5. The Bertz CT molecular complexity index is 575. The third-order valence-corrected chi connectivity index (χ3v) is 2.94. The van der Waals surface area contributed by atoms with Gasteiger partial charge in [-0.15, -0.1) is 0 Å². The number of carbonyl (C=O) groups excluding carboxylic acids is 1. The molecule has 0 spiro atoms. The van der Waals surface area contributed by atoms with Crippen LogP contribution in [-0.4, -0.2) is 16.9 Å². The number of aryl methyl sites for hydroxylation is 2. The van der Waals surface area contributed by atoms with Gasteiger partial charge in [0.2, 0.25) is 11.8 Å². The summed E-state index contributed by atoms with van der Waals surface area (Å²) < 4.78 is 5.34. The van der Waals surface area contributed by atoms with Crippen molar-refractivity contribution in [2.24, 2.45) is 0 Å². The molecular formula is C15H19N3O2. The van der Waals surface area contributed by atoms with Gasteiger partial charge in [0, 0.05) is 5.69 Å². The van der Waals surface area contributed by atoms with Gasteiger partial charge in [-0.1, -0.05) is 17.7 Å². The van der Waals surface area contributed by atoms with Crippen molar-refractivity contribution < 1.29 is 9.21 Å². The molecule has 0 bridgehead atoms. The van der Waals surface area contributed by atoms with Crippen LogP contribution in [0.5, 0.6) is 0 Å². The molecule has 2 rings (SSSR count). The second-order valence-electron chi connectivity index (χ2n) is 4.82. The van der Waals surface area contributed by atoms with Crippen molar-refractivity contribution >= 4 is 11.6 Å². The summed E-state index contributed by atoms with van der Waals surface area (Å²) in [7, 11) is 0. The molecule has 1 unspecified atom stereocenters. The molecule has 0 saturated carbocycles. The van der Waals surface area contributed by atoms with Crippen LogP contribution in [0, 0.1) is 13.8 Å². The molecule has 2 aromatic rings. The summed E-state index contributed by atoms with van der Waals surface area (Å²) in [6.45, 7) is 6.08. The lowest BCUT2D eigenvalue weighted by atomic mass is 10.2. The van der Waals surface area contributed by atoms with Crippen molar-refractivity contribution in [1.82, 2.24) is 10.3 Å². The Kier molecular flexibility index (Phi) is 4.53. The molecule has 0 radical (unpaired) electrons. The molecule has 0 aliphatic heterocycles. The Hall–Kier alpha value is -2.14. The molecule has 1 atom stereocenters. The van der Waals surface area contributed by atoms with Gasteiger partial charge in [0.05, 0.1) is 18.8 Å². The fraction of sp³-hybridized carbons (Fsp3) is 0.333. The summed E-state index contributed by atoms with van der Waals surface area (Å²) in [5.74, 6) is 1.26. The van der Waals surface area contributed by atoms with E-state index in [1.54, 1.807) is 13.1 Å². The minimum Gasteiger partial charge on any atom is -0.445 e. The summed E-state index contributed by atoms with van der Waals surface area (Å²) in [6, 6.07) is 7.37. The maximum absolute atomic E-state index is 12.0. The summed E-state index contributed by atoms with van der Waals surface area (Å²) in [4.78, 5) is 16.1. The first-order valence-corrected chi connectivity index (χ1v) is 6.57. The van der Waals surface area contributed by atoms with Gasteiger partial charge in [-0.05, 0) is 32.9 Å². The number of anilines is 1. The number of aromatic nitrogens is 1. The smallest absolute Gasteiger partial charge is 0.241 e. The Balaban J connectivity index is 1.84. The number of amides is 1. The lowest BCUT2D eigenvalue weighted by Crippen LogP contribution is -2.37. The van der Waals surface area contributed by atoms with Crippen LogP contribution in [0.4, 0.5) is 5.69 Å².